The first-order chi connectivity index (χ1) is 10.9. The van der Waals surface area contributed by atoms with Gasteiger partial charge in [-0.05, 0) is 44.0 Å². The molecule has 0 fully saturated rings. The summed E-state index contributed by atoms with van der Waals surface area (Å²) in [6.07, 6.45) is 0. The van der Waals surface area contributed by atoms with Crippen LogP contribution in [-0.2, 0) is 4.79 Å². The second-order valence-electron chi connectivity index (χ2n) is 5.36. The van der Waals surface area contributed by atoms with Gasteiger partial charge in [-0.3, -0.25) is 14.9 Å². The number of nitrogens with zero attached hydrogens (tertiary/aromatic N) is 1. The Hall–Kier alpha value is -2.34. The van der Waals surface area contributed by atoms with Gasteiger partial charge in [0, 0.05) is 22.7 Å². The zero-order valence-corrected chi connectivity index (χ0v) is 14.1. The Labute approximate surface area is 139 Å². The normalized spacial score (nSPS) is 10.4. The molecule has 0 radical (unpaired) electrons. The van der Waals surface area contributed by atoms with E-state index in [1.54, 1.807) is 13.0 Å². The van der Waals surface area contributed by atoms with Gasteiger partial charge in [-0.2, -0.15) is 0 Å². The van der Waals surface area contributed by atoms with Crippen molar-refractivity contribution in [2.24, 2.45) is 0 Å². The summed E-state index contributed by atoms with van der Waals surface area (Å²) in [5.74, 6) is 0.161. The molecule has 0 aliphatic heterocycles. The van der Waals surface area contributed by atoms with Crippen LogP contribution in [0.15, 0.2) is 41.3 Å². The van der Waals surface area contributed by atoms with E-state index in [1.165, 1.54) is 23.9 Å². The lowest BCUT2D eigenvalue weighted by Gasteiger charge is -2.09. The predicted molar refractivity (Wildman–Crippen MR) is 93.1 cm³/mol. The molecule has 0 aliphatic carbocycles. The summed E-state index contributed by atoms with van der Waals surface area (Å²) < 4.78 is 0. The molecule has 23 heavy (non-hydrogen) atoms. The number of benzene rings is 2. The van der Waals surface area contributed by atoms with Gasteiger partial charge in [0.2, 0.25) is 5.91 Å². The van der Waals surface area contributed by atoms with Gasteiger partial charge in [-0.1, -0.05) is 17.7 Å². The van der Waals surface area contributed by atoms with Crippen molar-refractivity contribution in [1.29, 1.82) is 0 Å². The van der Waals surface area contributed by atoms with Crippen LogP contribution in [0.2, 0.25) is 0 Å². The monoisotopic (exact) mass is 330 g/mol. The van der Waals surface area contributed by atoms with E-state index in [1.807, 2.05) is 26.0 Å². The molecular formula is C17H18N2O3S. The minimum absolute atomic E-state index is 0.0188. The van der Waals surface area contributed by atoms with Gasteiger partial charge in [0.15, 0.2) is 0 Å². The van der Waals surface area contributed by atoms with Crippen LogP contribution in [0.3, 0.4) is 0 Å². The van der Waals surface area contributed by atoms with Gasteiger partial charge in [0.1, 0.15) is 0 Å². The number of amides is 1. The first-order valence-electron chi connectivity index (χ1n) is 7.12. The number of non-ortho nitro benzene ring substituents is 1. The van der Waals surface area contributed by atoms with Crippen molar-refractivity contribution in [1.82, 2.24) is 0 Å². The smallest absolute Gasteiger partial charge is 0.269 e. The number of hydrogen-bond donors (Lipinski definition) is 1. The number of nitrogens with one attached hydrogen (secondary N) is 1. The number of carbonyl (C=O) groups excluding carboxylic acids is 1. The van der Waals surface area contributed by atoms with Gasteiger partial charge in [-0.15, -0.1) is 11.8 Å². The maximum absolute atomic E-state index is 12.1. The van der Waals surface area contributed by atoms with Crippen LogP contribution in [-0.4, -0.2) is 16.6 Å². The van der Waals surface area contributed by atoms with Crippen LogP contribution in [0.1, 0.15) is 16.7 Å². The molecule has 2 aromatic rings. The van der Waals surface area contributed by atoms with Crippen molar-refractivity contribution in [2.75, 3.05) is 11.1 Å². The van der Waals surface area contributed by atoms with Crippen LogP contribution in [0.4, 0.5) is 11.4 Å². The van der Waals surface area contributed by atoms with Crippen LogP contribution >= 0.6 is 11.8 Å². The molecule has 2 aromatic carbocycles. The van der Waals surface area contributed by atoms with Crippen LogP contribution in [0.5, 0.6) is 0 Å². The summed E-state index contributed by atoms with van der Waals surface area (Å²) >= 11 is 1.48. The molecule has 1 N–H and O–H groups in total. The molecule has 0 saturated carbocycles. The molecule has 0 heterocycles. The Morgan fingerprint density at radius 2 is 1.87 bits per heavy atom. The van der Waals surface area contributed by atoms with Crippen molar-refractivity contribution >= 4 is 29.0 Å². The average Bonchev–Trinajstić information content (AvgIpc) is 2.50. The number of anilines is 1. The van der Waals surface area contributed by atoms with Crippen molar-refractivity contribution in [2.45, 2.75) is 25.7 Å². The van der Waals surface area contributed by atoms with E-state index >= 15 is 0 Å². The third kappa shape index (κ3) is 4.56. The minimum Gasteiger partial charge on any atom is -0.325 e. The van der Waals surface area contributed by atoms with Crippen LogP contribution in [0.25, 0.3) is 0 Å². The Balaban J connectivity index is 2.00. The van der Waals surface area contributed by atoms with E-state index in [2.05, 4.69) is 11.4 Å². The number of aryl methyl sites for hydroxylation is 3. The summed E-state index contributed by atoms with van der Waals surface area (Å²) in [4.78, 5) is 23.4. The van der Waals surface area contributed by atoms with E-state index in [9.17, 15) is 14.9 Å². The maximum atomic E-state index is 12.1. The molecular weight excluding hydrogens is 312 g/mol. The van der Waals surface area contributed by atoms with Crippen molar-refractivity contribution in [3.8, 4) is 0 Å². The highest BCUT2D eigenvalue weighted by Gasteiger charge is 2.11. The Kier molecular flexibility index (Phi) is 5.39. The number of rotatable bonds is 5. The maximum Gasteiger partial charge on any atom is 0.269 e. The second-order valence-corrected chi connectivity index (χ2v) is 6.38. The molecule has 120 valence electrons. The molecule has 0 aromatic heterocycles. The lowest BCUT2D eigenvalue weighted by molar-refractivity contribution is -0.384. The fourth-order valence-corrected chi connectivity index (χ4v) is 3.02. The van der Waals surface area contributed by atoms with Gasteiger partial charge in [0.05, 0.1) is 10.7 Å². The predicted octanol–water partition coefficient (Wildman–Crippen LogP) is 4.25. The van der Waals surface area contributed by atoms with Gasteiger partial charge in [-0.25, -0.2) is 0 Å². The summed E-state index contributed by atoms with van der Waals surface area (Å²) in [5, 5.41) is 13.5. The topological polar surface area (TPSA) is 72.2 Å². The Morgan fingerprint density at radius 3 is 2.52 bits per heavy atom. The molecule has 0 atom stereocenters. The molecule has 0 aliphatic rings. The number of nitro groups is 1. The molecule has 6 heteroatoms. The minimum atomic E-state index is -0.449. The van der Waals surface area contributed by atoms with E-state index < -0.39 is 4.92 Å². The quantitative estimate of drug-likeness (QED) is 0.505. The fraction of sp³-hybridized carbons (Fsp3) is 0.235. The summed E-state index contributed by atoms with van der Waals surface area (Å²) in [7, 11) is 0. The van der Waals surface area contributed by atoms with E-state index in [4.69, 9.17) is 0 Å². The average molecular weight is 330 g/mol. The van der Waals surface area contributed by atoms with Crippen molar-refractivity contribution in [3.05, 3.63) is 63.2 Å². The van der Waals surface area contributed by atoms with Gasteiger partial charge >= 0.3 is 0 Å². The molecule has 0 unspecified atom stereocenters. The molecule has 0 spiro atoms. The summed E-state index contributed by atoms with van der Waals surface area (Å²) in [6, 6.07) is 10.5. The standard InChI is InChI=1S/C17H18N2O3S/c1-11-4-5-12(2)16(8-11)23-10-17(20)18-15-7-6-14(19(21)22)9-13(15)3/h4-9H,10H2,1-3H3,(H,18,20). The first-order valence-corrected chi connectivity index (χ1v) is 8.10. The van der Waals surface area contributed by atoms with Crippen LogP contribution in [0, 0.1) is 30.9 Å². The van der Waals surface area contributed by atoms with Crippen molar-refractivity contribution < 1.29 is 9.72 Å². The SMILES string of the molecule is Cc1ccc(C)c(SCC(=O)Nc2ccc([N+](=O)[O-])cc2C)c1. The highest BCUT2D eigenvalue weighted by molar-refractivity contribution is 8.00. The number of hydrogen-bond acceptors (Lipinski definition) is 4. The third-order valence-electron chi connectivity index (χ3n) is 3.40. The molecule has 2 rings (SSSR count). The molecule has 0 bridgehead atoms. The third-order valence-corrected chi connectivity index (χ3v) is 4.55. The largest absolute Gasteiger partial charge is 0.325 e. The Bertz CT molecular complexity index is 759. The second kappa shape index (κ2) is 7.28. The highest BCUT2D eigenvalue weighted by Crippen LogP contribution is 2.25. The lowest BCUT2D eigenvalue weighted by atomic mass is 10.2. The van der Waals surface area contributed by atoms with E-state index in [0.29, 0.717) is 17.0 Å². The Morgan fingerprint density at radius 1 is 1.13 bits per heavy atom. The van der Waals surface area contributed by atoms with E-state index in [-0.39, 0.29) is 11.6 Å². The van der Waals surface area contributed by atoms with Gasteiger partial charge < -0.3 is 5.32 Å². The van der Waals surface area contributed by atoms with Gasteiger partial charge in [0.25, 0.3) is 5.69 Å². The first kappa shape index (κ1) is 17.0. The zero-order valence-electron chi connectivity index (χ0n) is 13.3. The molecule has 5 nitrogen and oxygen atoms in total. The fourth-order valence-electron chi connectivity index (χ4n) is 2.09. The number of thioether (sulfide) groups is 1. The summed E-state index contributed by atoms with van der Waals surface area (Å²) in [5.41, 5.74) is 3.58. The summed E-state index contributed by atoms with van der Waals surface area (Å²) in [6.45, 7) is 5.77. The lowest BCUT2D eigenvalue weighted by Crippen LogP contribution is -2.15. The zero-order chi connectivity index (χ0) is 17.0. The highest BCUT2D eigenvalue weighted by atomic mass is 32.2. The number of carbonyl (C=O) groups is 1. The molecule has 1 amide bonds. The van der Waals surface area contributed by atoms with Crippen molar-refractivity contribution in [3.63, 3.8) is 0 Å². The van der Waals surface area contributed by atoms with E-state index in [0.717, 1.165) is 16.0 Å². The molecule has 0 saturated heterocycles. The number of nitro benzene ring substituents is 1. The van der Waals surface area contributed by atoms with Crippen LogP contribution < -0.4 is 5.32 Å².